The van der Waals surface area contributed by atoms with E-state index in [1.807, 2.05) is 13.8 Å². The predicted octanol–water partition coefficient (Wildman–Crippen LogP) is 4.36. The van der Waals surface area contributed by atoms with Crippen LogP contribution in [0.25, 0.3) is 0 Å². The van der Waals surface area contributed by atoms with Gasteiger partial charge in [0.2, 0.25) is 0 Å². The van der Waals surface area contributed by atoms with E-state index in [0.29, 0.717) is 0 Å². The highest BCUT2D eigenvalue weighted by Gasteiger charge is 2.21. The first kappa shape index (κ1) is 13.8. The Bertz CT molecular complexity index is 382. The minimum atomic E-state index is -0.631. The molecule has 0 atom stereocenters. The van der Waals surface area contributed by atoms with E-state index in [-0.39, 0.29) is 17.3 Å². The zero-order valence-electron chi connectivity index (χ0n) is 10.3. The number of rotatable bonds is 6. The van der Waals surface area contributed by atoms with Gasteiger partial charge in [-0.15, -0.1) is 0 Å². The molecule has 0 heterocycles. The molecule has 0 fully saturated rings. The molecule has 3 heteroatoms. The SMILES string of the molecule is CCCC(CCC)C(=O)c1cc(F)ccc1F. The van der Waals surface area contributed by atoms with Crippen molar-refractivity contribution < 1.29 is 13.6 Å². The molecule has 1 aromatic carbocycles. The molecule has 1 nitrogen and oxygen atoms in total. The van der Waals surface area contributed by atoms with E-state index in [1.165, 1.54) is 0 Å². The summed E-state index contributed by atoms with van der Waals surface area (Å²) in [6, 6.07) is 3.04. The topological polar surface area (TPSA) is 17.1 Å². The van der Waals surface area contributed by atoms with Gasteiger partial charge in [0.25, 0.3) is 0 Å². The lowest BCUT2D eigenvalue weighted by Crippen LogP contribution is -2.16. The molecule has 0 amide bonds. The molecule has 0 radical (unpaired) electrons. The Kier molecular flexibility index (Phi) is 5.26. The minimum absolute atomic E-state index is 0.114. The van der Waals surface area contributed by atoms with Crippen LogP contribution in [-0.2, 0) is 0 Å². The van der Waals surface area contributed by atoms with Crippen molar-refractivity contribution in [2.24, 2.45) is 5.92 Å². The first-order chi connectivity index (χ1) is 8.10. The molecule has 0 spiro atoms. The third-order valence-corrected chi connectivity index (χ3v) is 2.84. The van der Waals surface area contributed by atoms with E-state index in [1.54, 1.807) is 0 Å². The molecule has 0 aliphatic carbocycles. The van der Waals surface area contributed by atoms with E-state index in [0.717, 1.165) is 43.9 Å². The van der Waals surface area contributed by atoms with Crippen molar-refractivity contribution >= 4 is 5.78 Å². The van der Waals surface area contributed by atoms with Gasteiger partial charge in [-0.3, -0.25) is 4.79 Å². The van der Waals surface area contributed by atoms with Gasteiger partial charge in [0.05, 0.1) is 5.56 Å². The maximum Gasteiger partial charge on any atom is 0.168 e. The number of halogens is 2. The van der Waals surface area contributed by atoms with Crippen LogP contribution >= 0.6 is 0 Å². The third-order valence-electron chi connectivity index (χ3n) is 2.84. The van der Waals surface area contributed by atoms with Crippen molar-refractivity contribution in [3.63, 3.8) is 0 Å². The van der Waals surface area contributed by atoms with Crippen molar-refractivity contribution in [1.82, 2.24) is 0 Å². The van der Waals surface area contributed by atoms with Gasteiger partial charge >= 0.3 is 0 Å². The normalized spacial score (nSPS) is 10.9. The van der Waals surface area contributed by atoms with Crippen LogP contribution in [0.15, 0.2) is 18.2 Å². The summed E-state index contributed by atoms with van der Waals surface area (Å²) in [5.41, 5.74) is -0.114. The van der Waals surface area contributed by atoms with Gasteiger partial charge in [-0.25, -0.2) is 8.78 Å². The van der Waals surface area contributed by atoms with Crippen LogP contribution in [0.4, 0.5) is 8.78 Å². The van der Waals surface area contributed by atoms with Gasteiger partial charge in [0, 0.05) is 5.92 Å². The number of carbonyl (C=O) groups excluding carboxylic acids is 1. The Balaban J connectivity index is 2.95. The molecule has 0 N–H and O–H groups in total. The fraction of sp³-hybridized carbons (Fsp3) is 0.500. The molecule has 0 bridgehead atoms. The quantitative estimate of drug-likeness (QED) is 0.675. The number of hydrogen-bond acceptors (Lipinski definition) is 1. The van der Waals surface area contributed by atoms with Crippen molar-refractivity contribution in [2.45, 2.75) is 39.5 Å². The maximum atomic E-state index is 13.5. The van der Waals surface area contributed by atoms with E-state index in [4.69, 9.17) is 0 Å². The highest BCUT2D eigenvalue weighted by molar-refractivity contribution is 5.98. The van der Waals surface area contributed by atoms with Crippen LogP contribution in [-0.4, -0.2) is 5.78 Å². The lowest BCUT2D eigenvalue weighted by Gasteiger charge is -2.14. The Hall–Kier alpha value is -1.25. The first-order valence-electron chi connectivity index (χ1n) is 6.09. The first-order valence-corrected chi connectivity index (χ1v) is 6.09. The average molecular weight is 240 g/mol. The molecule has 94 valence electrons. The number of benzene rings is 1. The summed E-state index contributed by atoms with van der Waals surface area (Å²) in [7, 11) is 0. The Morgan fingerprint density at radius 3 is 2.29 bits per heavy atom. The maximum absolute atomic E-state index is 13.5. The van der Waals surface area contributed by atoms with Crippen molar-refractivity contribution in [2.75, 3.05) is 0 Å². The molecule has 17 heavy (non-hydrogen) atoms. The summed E-state index contributed by atoms with van der Waals surface area (Å²) in [6.07, 6.45) is 3.19. The largest absolute Gasteiger partial charge is 0.294 e. The zero-order chi connectivity index (χ0) is 12.8. The lowest BCUT2D eigenvalue weighted by atomic mass is 9.89. The van der Waals surface area contributed by atoms with Crippen LogP contribution in [0.3, 0.4) is 0 Å². The van der Waals surface area contributed by atoms with E-state index in [2.05, 4.69) is 0 Å². The van der Waals surface area contributed by atoms with Gasteiger partial charge < -0.3 is 0 Å². The summed E-state index contributed by atoms with van der Waals surface area (Å²) < 4.78 is 26.5. The zero-order valence-corrected chi connectivity index (χ0v) is 10.3. The average Bonchev–Trinajstić information content (AvgIpc) is 2.31. The lowest BCUT2D eigenvalue weighted by molar-refractivity contribution is 0.0900. The predicted molar refractivity (Wildman–Crippen MR) is 64.0 cm³/mol. The fourth-order valence-corrected chi connectivity index (χ4v) is 2.01. The summed E-state index contributed by atoms with van der Waals surface area (Å²) >= 11 is 0. The summed E-state index contributed by atoms with van der Waals surface area (Å²) in [5.74, 6) is -1.66. The monoisotopic (exact) mass is 240 g/mol. The highest BCUT2D eigenvalue weighted by Crippen LogP contribution is 2.21. The number of ketones is 1. The standard InChI is InChI=1S/C14H18F2O/c1-3-5-10(6-4-2)14(17)12-9-11(15)7-8-13(12)16/h7-10H,3-6H2,1-2H3. The second-order valence-electron chi connectivity index (χ2n) is 4.26. The van der Waals surface area contributed by atoms with Gasteiger partial charge in [-0.2, -0.15) is 0 Å². The van der Waals surface area contributed by atoms with Gasteiger partial charge in [0.15, 0.2) is 5.78 Å². The molecule has 0 aliphatic heterocycles. The second kappa shape index (κ2) is 6.48. The van der Waals surface area contributed by atoms with Gasteiger partial charge in [-0.1, -0.05) is 26.7 Å². The van der Waals surface area contributed by atoms with Crippen molar-refractivity contribution in [1.29, 1.82) is 0 Å². The van der Waals surface area contributed by atoms with E-state index >= 15 is 0 Å². The number of hydrogen-bond donors (Lipinski definition) is 0. The minimum Gasteiger partial charge on any atom is -0.294 e. The number of Topliss-reactive ketones (excluding diaryl/α,β-unsaturated/α-hetero) is 1. The van der Waals surface area contributed by atoms with Gasteiger partial charge in [-0.05, 0) is 31.0 Å². The highest BCUT2D eigenvalue weighted by atomic mass is 19.1. The van der Waals surface area contributed by atoms with Crippen LogP contribution in [0.2, 0.25) is 0 Å². The molecule has 0 aliphatic rings. The fourth-order valence-electron chi connectivity index (χ4n) is 2.01. The molecule has 0 saturated heterocycles. The smallest absolute Gasteiger partial charge is 0.168 e. The summed E-state index contributed by atoms with van der Waals surface area (Å²) in [6.45, 7) is 3.97. The van der Waals surface area contributed by atoms with Crippen molar-refractivity contribution in [3.05, 3.63) is 35.4 Å². The van der Waals surface area contributed by atoms with Crippen LogP contribution in [0.1, 0.15) is 49.9 Å². The van der Waals surface area contributed by atoms with E-state index < -0.39 is 11.6 Å². The molecule has 0 saturated carbocycles. The molecular formula is C14H18F2O. The Morgan fingerprint density at radius 1 is 1.18 bits per heavy atom. The second-order valence-corrected chi connectivity index (χ2v) is 4.26. The van der Waals surface area contributed by atoms with Gasteiger partial charge in [0.1, 0.15) is 11.6 Å². The number of carbonyl (C=O) groups is 1. The molecule has 1 aromatic rings. The third kappa shape index (κ3) is 3.62. The van der Waals surface area contributed by atoms with E-state index in [9.17, 15) is 13.6 Å². The molecule has 0 aromatic heterocycles. The summed E-state index contributed by atoms with van der Waals surface area (Å²) in [5, 5.41) is 0. The van der Waals surface area contributed by atoms with Crippen molar-refractivity contribution in [3.8, 4) is 0 Å². The summed E-state index contributed by atoms with van der Waals surface area (Å²) in [4.78, 5) is 12.1. The molecule has 0 unspecified atom stereocenters. The van der Waals surface area contributed by atoms with Crippen LogP contribution in [0.5, 0.6) is 0 Å². The van der Waals surface area contributed by atoms with Crippen LogP contribution < -0.4 is 0 Å². The Morgan fingerprint density at radius 2 is 1.76 bits per heavy atom. The molecule has 1 rings (SSSR count). The van der Waals surface area contributed by atoms with Crippen LogP contribution in [0, 0.1) is 17.6 Å². The Labute approximate surface area is 101 Å². The molecular weight excluding hydrogens is 222 g/mol.